The van der Waals surface area contributed by atoms with E-state index in [1.807, 2.05) is 91.0 Å². The fourth-order valence-electron chi connectivity index (χ4n) is 3.89. The number of furan rings is 1. The van der Waals surface area contributed by atoms with Crippen LogP contribution in [0.5, 0.6) is 5.75 Å². The van der Waals surface area contributed by atoms with E-state index in [-0.39, 0.29) is 5.57 Å². The number of amides is 1. The van der Waals surface area contributed by atoms with Crippen molar-refractivity contribution in [2.75, 3.05) is 7.11 Å². The summed E-state index contributed by atoms with van der Waals surface area (Å²) < 4.78 is 13.3. The Bertz CT molecular complexity index is 1590. The number of aromatic nitrogens is 2. The number of nitriles is 1. The van der Waals surface area contributed by atoms with Gasteiger partial charge in [0.25, 0.3) is 5.91 Å². The molecule has 1 amide bonds. The molecule has 2 heterocycles. The highest BCUT2D eigenvalue weighted by molar-refractivity contribution is 6.02. The summed E-state index contributed by atoms with van der Waals surface area (Å²) in [6.45, 7) is 0.318. The van der Waals surface area contributed by atoms with Crippen molar-refractivity contribution in [3.05, 3.63) is 108 Å². The molecule has 36 heavy (non-hydrogen) atoms. The van der Waals surface area contributed by atoms with E-state index < -0.39 is 5.91 Å². The topological polar surface area (TPSA) is 93.1 Å². The van der Waals surface area contributed by atoms with Crippen molar-refractivity contribution in [2.45, 2.75) is 6.54 Å². The number of rotatable bonds is 7. The third kappa shape index (κ3) is 4.61. The number of benzene rings is 3. The summed E-state index contributed by atoms with van der Waals surface area (Å²) >= 11 is 0. The van der Waals surface area contributed by atoms with Gasteiger partial charge < -0.3 is 14.5 Å². The van der Waals surface area contributed by atoms with Crippen LogP contribution in [0.1, 0.15) is 11.1 Å². The Hall–Kier alpha value is -5.09. The Morgan fingerprint density at radius 1 is 1.08 bits per heavy atom. The van der Waals surface area contributed by atoms with Crippen molar-refractivity contribution in [1.29, 1.82) is 5.26 Å². The van der Waals surface area contributed by atoms with Crippen molar-refractivity contribution >= 4 is 23.0 Å². The maximum absolute atomic E-state index is 12.8. The normalized spacial score (nSPS) is 11.3. The summed E-state index contributed by atoms with van der Waals surface area (Å²) in [6.07, 6.45) is 3.31. The lowest BCUT2D eigenvalue weighted by molar-refractivity contribution is -0.117. The van der Waals surface area contributed by atoms with Gasteiger partial charge in [0, 0.05) is 23.7 Å². The molecule has 176 valence electrons. The zero-order valence-electron chi connectivity index (χ0n) is 19.5. The number of para-hydroxylation sites is 2. The lowest BCUT2D eigenvalue weighted by atomic mass is 10.1. The number of methoxy groups -OCH3 is 1. The average Bonchev–Trinajstić information content (AvgIpc) is 3.55. The van der Waals surface area contributed by atoms with Gasteiger partial charge in [0.2, 0.25) is 0 Å². The summed E-state index contributed by atoms with van der Waals surface area (Å²) in [4.78, 5) is 12.8. The van der Waals surface area contributed by atoms with E-state index in [1.165, 1.54) is 6.08 Å². The number of nitrogens with one attached hydrogen (secondary N) is 1. The molecule has 5 aromatic rings. The van der Waals surface area contributed by atoms with Crippen molar-refractivity contribution in [1.82, 2.24) is 15.1 Å². The molecule has 0 aliphatic carbocycles. The van der Waals surface area contributed by atoms with Crippen molar-refractivity contribution in [3.63, 3.8) is 0 Å². The van der Waals surface area contributed by atoms with Gasteiger partial charge in [0.05, 0.1) is 12.8 Å². The second kappa shape index (κ2) is 10.0. The van der Waals surface area contributed by atoms with Crippen LogP contribution in [0.4, 0.5) is 0 Å². The first-order valence-electron chi connectivity index (χ1n) is 11.3. The number of hydrogen-bond acceptors (Lipinski definition) is 5. The van der Waals surface area contributed by atoms with Crippen LogP contribution in [0.2, 0.25) is 0 Å². The summed E-state index contributed by atoms with van der Waals surface area (Å²) in [7, 11) is 1.59. The standard InChI is InChI=1S/C29H22N4O3/c1-35-25-14-8-11-21-16-26(36-28(21)25)27-23(19-33(32-27)24-12-6-3-7-13-24)15-22(17-30)29(34)31-18-20-9-4-2-5-10-20/h2-16,19H,18H2,1H3,(H,31,34). The molecule has 0 spiro atoms. The van der Waals surface area contributed by atoms with Gasteiger partial charge in [0.1, 0.15) is 17.3 Å². The molecule has 0 saturated carbocycles. The summed E-state index contributed by atoms with van der Waals surface area (Å²) in [5, 5.41) is 18.2. The highest BCUT2D eigenvalue weighted by Crippen LogP contribution is 2.35. The number of carbonyl (C=O) groups is 1. The van der Waals surface area contributed by atoms with Crippen LogP contribution in [-0.4, -0.2) is 22.8 Å². The number of carbonyl (C=O) groups excluding carboxylic acids is 1. The first kappa shape index (κ1) is 22.7. The Morgan fingerprint density at radius 2 is 1.83 bits per heavy atom. The van der Waals surface area contributed by atoms with Crippen LogP contribution in [-0.2, 0) is 11.3 Å². The lowest BCUT2D eigenvalue weighted by Gasteiger charge is -2.04. The second-order valence-corrected chi connectivity index (χ2v) is 8.04. The molecular formula is C29H22N4O3. The van der Waals surface area contributed by atoms with Gasteiger partial charge in [-0.15, -0.1) is 0 Å². The summed E-state index contributed by atoms with van der Waals surface area (Å²) in [5.74, 6) is 0.639. The predicted octanol–water partition coefficient (Wildman–Crippen LogP) is 5.52. The van der Waals surface area contributed by atoms with Crippen molar-refractivity contribution in [2.24, 2.45) is 0 Å². The minimum atomic E-state index is -0.467. The fourth-order valence-corrected chi connectivity index (χ4v) is 3.89. The Morgan fingerprint density at radius 3 is 2.56 bits per heavy atom. The fraction of sp³-hybridized carbons (Fsp3) is 0.0690. The molecule has 7 nitrogen and oxygen atoms in total. The van der Waals surface area contributed by atoms with Crippen LogP contribution in [0.3, 0.4) is 0 Å². The number of ether oxygens (including phenoxy) is 1. The highest BCUT2D eigenvalue weighted by atomic mass is 16.5. The first-order chi connectivity index (χ1) is 17.7. The molecule has 0 atom stereocenters. The van der Waals surface area contributed by atoms with Gasteiger partial charge in [-0.05, 0) is 35.9 Å². The Balaban J connectivity index is 1.55. The van der Waals surface area contributed by atoms with E-state index in [9.17, 15) is 10.1 Å². The monoisotopic (exact) mass is 474 g/mol. The average molecular weight is 475 g/mol. The van der Waals surface area contributed by atoms with Crippen LogP contribution < -0.4 is 10.1 Å². The first-order valence-corrected chi connectivity index (χ1v) is 11.3. The molecule has 0 radical (unpaired) electrons. The van der Waals surface area contributed by atoms with E-state index in [0.717, 1.165) is 16.6 Å². The maximum atomic E-state index is 12.8. The molecule has 2 aromatic heterocycles. The van der Waals surface area contributed by atoms with Gasteiger partial charge in [0.15, 0.2) is 17.1 Å². The van der Waals surface area contributed by atoms with E-state index in [2.05, 4.69) is 5.32 Å². The molecule has 0 aliphatic heterocycles. The Kier molecular flexibility index (Phi) is 6.33. The minimum absolute atomic E-state index is 0.0338. The molecule has 0 fully saturated rings. The van der Waals surface area contributed by atoms with E-state index in [4.69, 9.17) is 14.3 Å². The van der Waals surface area contributed by atoms with Gasteiger partial charge in [-0.2, -0.15) is 10.4 Å². The molecule has 5 rings (SSSR count). The predicted molar refractivity (Wildman–Crippen MR) is 137 cm³/mol. The third-order valence-corrected chi connectivity index (χ3v) is 5.69. The van der Waals surface area contributed by atoms with Crippen LogP contribution in [0.25, 0.3) is 34.2 Å². The largest absolute Gasteiger partial charge is 0.493 e. The quantitative estimate of drug-likeness (QED) is 0.248. The lowest BCUT2D eigenvalue weighted by Crippen LogP contribution is -2.23. The highest BCUT2D eigenvalue weighted by Gasteiger charge is 2.19. The van der Waals surface area contributed by atoms with Crippen LogP contribution in [0.15, 0.2) is 101 Å². The summed E-state index contributed by atoms with van der Waals surface area (Å²) in [5.41, 5.74) is 3.41. The summed E-state index contributed by atoms with van der Waals surface area (Å²) in [6, 6.07) is 28.6. The molecule has 0 aliphatic rings. The van der Waals surface area contributed by atoms with Gasteiger partial charge >= 0.3 is 0 Å². The molecule has 1 N–H and O–H groups in total. The Labute approximate surface area is 207 Å². The molecule has 0 saturated heterocycles. The van der Waals surface area contributed by atoms with Crippen molar-refractivity contribution in [3.8, 4) is 29.0 Å². The maximum Gasteiger partial charge on any atom is 0.262 e. The number of hydrogen-bond donors (Lipinski definition) is 1. The molecular weight excluding hydrogens is 452 g/mol. The zero-order valence-corrected chi connectivity index (χ0v) is 19.5. The van der Waals surface area contributed by atoms with E-state index in [0.29, 0.717) is 34.9 Å². The minimum Gasteiger partial charge on any atom is -0.493 e. The van der Waals surface area contributed by atoms with E-state index in [1.54, 1.807) is 18.0 Å². The SMILES string of the molecule is COc1cccc2cc(-c3nn(-c4ccccc4)cc3C=C(C#N)C(=O)NCc3ccccc3)oc12. The van der Waals surface area contributed by atoms with Gasteiger partial charge in [-0.3, -0.25) is 4.79 Å². The van der Waals surface area contributed by atoms with Gasteiger partial charge in [-0.25, -0.2) is 4.68 Å². The second-order valence-electron chi connectivity index (χ2n) is 8.04. The molecule has 3 aromatic carbocycles. The third-order valence-electron chi connectivity index (χ3n) is 5.69. The van der Waals surface area contributed by atoms with Crippen LogP contribution >= 0.6 is 0 Å². The number of nitrogens with zero attached hydrogens (tertiary/aromatic N) is 3. The molecule has 7 heteroatoms. The van der Waals surface area contributed by atoms with Crippen LogP contribution in [0, 0.1) is 11.3 Å². The zero-order chi connectivity index (χ0) is 24.9. The number of fused-ring (bicyclic) bond motifs is 1. The van der Waals surface area contributed by atoms with E-state index >= 15 is 0 Å². The van der Waals surface area contributed by atoms with Crippen molar-refractivity contribution < 1.29 is 13.9 Å². The smallest absolute Gasteiger partial charge is 0.262 e. The van der Waals surface area contributed by atoms with Gasteiger partial charge in [-0.1, -0.05) is 60.7 Å². The molecule has 0 bridgehead atoms. The molecule has 0 unspecified atom stereocenters.